The van der Waals surface area contributed by atoms with E-state index in [1.807, 2.05) is 0 Å². The van der Waals surface area contributed by atoms with Gasteiger partial charge in [0.05, 0.1) is 11.5 Å². The average Bonchev–Trinajstić information content (AvgIpc) is 2.71. The number of imide groups is 1. The monoisotopic (exact) mass is 341 g/mol. The lowest BCUT2D eigenvalue weighted by molar-refractivity contribution is -0.145. The van der Waals surface area contributed by atoms with Gasteiger partial charge < -0.3 is 9.84 Å². The summed E-state index contributed by atoms with van der Waals surface area (Å²) in [6, 6.07) is 4.36. The number of carbonyl (C=O) groups excluding carboxylic acids is 3. The van der Waals surface area contributed by atoms with Crippen molar-refractivity contribution in [3.05, 3.63) is 33.7 Å². The number of rotatable bonds is 4. The first-order valence-corrected chi connectivity index (χ1v) is 7.51. The van der Waals surface area contributed by atoms with Crippen molar-refractivity contribution in [2.45, 2.75) is 6.92 Å². The molecule has 2 amide bonds. The molecular formula is C14H12ClNO5S. The highest BCUT2D eigenvalue weighted by atomic mass is 35.5. The van der Waals surface area contributed by atoms with Crippen LogP contribution in [0.3, 0.4) is 0 Å². The van der Waals surface area contributed by atoms with Gasteiger partial charge in [0.2, 0.25) is 0 Å². The zero-order chi connectivity index (χ0) is 16.3. The van der Waals surface area contributed by atoms with E-state index in [0.29, 0.717) is 22.3 Å². The first-order chi connectivity index (χ1) is 10.4. The molecule has 1 aromatic rings. The first-order valence-electron chi connectivity index (χ1n) is 6.32. The Balaban J connectivity index is 2.22. The van der Waals surface area contributed by atoms with Gasteiger partial charge >= 0.3 is 5.97 Å². The fourth-order valence-corrected chi connectivity index (χ4v) is 2.76. The zero-order valence-electron chi connectivity index (χ0n) is 11.5. The molecule has 0 aromatic heterocycles. The van der Waals surface area contributed by atoms with Crippen molar-refractivity contribution >= 4 is 46.6 Å². The molecule has 6 nitrogen and oxygen atoms in total. The van der Waals surface area contributed by atoms with E-state index in [0.717, 1.165) is 4.90 Å². The topological polar surface area (TPSA) is 83.9 Å². The van der Waals surface area contributed by atoms with Crippen molar-refractivity contribution in [2.24, 2.45) is 0 Å². The van der Waals surface area contributed by atoms with Crippen LogP contribution < -0.4 is 0 Å². The Morgan fingerprint density at radius 3 is 2.86 bits per heavy atom. The van der Waals surface area contributed by atoms with Crippen molar-refractivity contribution in [1.29, 1.82) is 0 Å². The van der Waals surface area contributed by atoms with Gasteiger partial charge in [-0.25, -0.2) is 0 Å². The lowest BCUT2D eigenvalue weighted by Crippen LogP contribution is -2.34. The molecule has 0 radical (unpaired) electrons. The molecule has 1 fully saturated rings. The maximum atomic E-state index is 12.1. The van der Waals surface area contributed by atoms with Gasteiger partial charge in [-0.3, -0.25) is 19.3 Å². The zero-order valence-corrected chi connectivity index (χ0v) is 13.1. The second-order valence-electron chi connectivity index (χ2n) is 4.28. The van der Waals surface area contributed by atoms with E-state index in [1.165, 1.54) is 24.3 Å². The van der Waals surface area contributed by atoms with Gasteiger partial charge in [0, 0.05) is 10.6 Å². The number of ether oxygens (including phenoxy) is 1. The standard InChI is InChI=1S/C14H12ClNO5S/c1-2-21-12(18)7-16-13(19)11(22-14(16)20)6-8-5-9(15)3-4-10(8)17/h3-6,17H,2,7H2,1H3/b11-6+. The smallest absolute Gasteiger partial charge is 0.326 e. The van der Waals surface area contributed by atoms with E-state index in [4.69, 9.17) is 16.3 Å². The van der Waals surface area contributed by atoms with E-state index in [9.17, 15) is 19.5 Å². The average molecular weight is 342 g/mol. The van der Waals surface area contributed by atoms with Gasteiger partial charge in [0.15, 0.2) is 0 Å². The summed E-state index contributed by atoms with van der Waals surface area (Å²) in [6.45, 7) is 1.37. The van der Waals surface area contributed by atoms with E-state index >= 15 is 0 Å². The Hall–Kier alpha value is -1.99. The Kier molecular flexibility index (Phi) is 5.10. The number of amides is 2. The predicted octanol–water partition coefficient (Wildman–Crippen LogP) is 2.65. The molecule has 22 heavy (non-hydrogen) atoms. The molecule has 1 saturated heterocycles. The minimum Gasteiger partial charge on any atom is -0.507 e. The van der Waals surface area contributed by atoms with Crippen molar-refractivity contribution < 1.29 is 24.2 Å². The number of phenolic OH excluding ortho intramolecular Hbond substituents is 1. The second kappa shape index (κ2) is 6.85. The fourth-order valence-electron chi connectivity index (χ4n) is 1.75. The third-order valence-corrected chi connectivity index (χ3v) is 3.88. The van der Waals surface area contributed by atoms with Crippen molar-refractivity contribution in [2.75, 3.05) is 13.2 Å². The summed E-state index contributed by atoms with van der Waals surface area (Å²) in [7, 11) is 0. The molecule has 1 aliphatic rings. The van der Waals surface area contributed by atoms with Crippen LogP contribution in [-0.4, -0.2) is 40.3 Å². The SMILES string of the molecule is CCOC(=O)CN1C(=O)S/C(=C/c2cc(Cl)ccc2O)C1=O. The Bertz CT molecular complexity index is 673. The molecular weight excluding hydrogens is 330 g/mol. The highest BCUT2D eigenvalue weighted by Crippen LogP contribution is 2.34. The van der Waals surface area contributed by atoms with Gasteiger partial charge in [-0.15, -0.1) is 0 Å². The highest BCUT2D eigenvalue weighted by molar-refractivity contribution is 8.18. The molecule has 0 atom stereocenters. The highest BCUT2D eigenvalue weighted by Gasteiger charge is 2.36. The third-order valence-electron chi connectivity index (χ3n) is 2.74. The molecule has 0 saturated carbocycles. The molecule has 1 aliphatic heterocycles. The molecule has 116 valence electrons. The van der Waals surface area contributed by atoms with Crippen molar-refractivity contribution in [3.63, 3.8) is 0 Å². The molecule has 0 bridgehead atoms. The third kappa shape index (κ3) is 3.61. The Labute approximate surface area is 135 Å². The van der Waals surface area contributed by atoms with E-state index < -0.39 is 23.7 Å². The van der Waals surface area contributed by atoms with Gasteiger partial charge in [-0.1, -0.05) is 11.6 Å². The Morgan fingerprint density at radius 1 is 1.45 bits per heavy atom. The minimum atomic E-state index is -0.656. The van der Waals surface area contributed by atoms with Crippen LogP contribution in [0.1, 0.15) is 12.5 Å². The number of thioether (sulfide) groups is 1. The quantitative estimate of drug-likeness (QED) is 0.669. The van der Waals surface area contributed by atoms with E-state index in [-0.39, 0.29) is 17.3 Å². The van der Waals surface area contributed by atoms with Crippen LogP contribution >= 0.6 is 23.4 Å². The summed E-state index contributed by atoms with van der Waals surface area (Å²) >= 11 is 6.52. The summed E-state index contributed by atoms with van der Waals surface area (Å²) in [6.07, 6.45) is 1.36. The summed E-state index contributed by atoms with van der Waals surface area (Å²) in [5.74, 6) is -1.33. The van der Waals surface area contributed by atoms with Crippen molar-refractivity contribution in [1.82, 2.24) is 4.90 Å². The van der Waals surface area contributed by atoms with Gasteiger partial charge in [0.1, 0.15) is 12.3 Å². The van der Waals surface area contributed by atoms with Gasteiger partial charge in [-0.05, 0) is 43.0 Å². The second-order valence-corrected chi connectivity index (χ2v) is 5.71. The summed E-state index contributed by atoms with van der Waals surface area (Å²) in [4.78, 5) is 36.3. The number of halogens is 1. The summed E-state index contributed by atoms with van der Waals surface area (Å²) in [5.41, 5.74) is 0.314. The molecule has 0 unspecified atom stereocenters. The van der Waals surface area contributed by atoms with Crippen LogP contribution in [0, 0.1) is 0 Å². The lowest BCUT2D eigenvalue weighted by atomic mass is 10.2. The van der Waals surface area contributed by atoms with Gasteiger partial charge in [-0.2, -0.15) is 0 Å². The molecule has 1 heterocycles. The van der Waals surface area contributed by atoms with Crippen LogP contribution in [0.25, 0.3) is 6.08 Å². The maximum Gasteiger partial charge on any atom is 0.326 e. The maximum absolute atomic E-state index is 12.1. The largest absolute Gasteiger partial charge is 0.507 e. The predicted molar refractivity (Wildman–Crippen MR) is 82.4 cm³/mol. The molecule has 1 N–H and O–H groups in total. The molecule has 8 heteroatoms. The normalized spacial score (nSPS) is 16.5. The van der Waals surface area contributed by atoms with Crippen LogP contribution in [0.5, 0.6) is 5.75 Å². The van der Waals surface area contributed by atoms with Crippen LogP contribution in [0.15, 0.2) is 23.1 Å². The van der Waals surface area contributed by atoms with E-state index in [2.05, 4.69) is 0 Å². The number of hydrogen-bond acceptors (Lipinski definition) is 6. The number of nitrogens with zero attached hydrogens (tertiary/aromatic N) is 1. The minimum absolute atomic E-state index is 0.0680. The van der Waals surface area contributed by atoms with Crippen LogP contribution in [-0.2, 0) is 14.3 Å². The number of esters is 1. The summed E-state index contributed by atoms with van der Waals surface area (Å²) < 4.78 is 4.72. The number of aromatic hydroxyl groups is 1. The van der Waals surface area contributed by atoms with Crippen LogP contribution in [0.4, 0.5) is 4.79 Å². The number of hydrogen-bond donors (Lipinski definition) is 1. The Morgan fingerprint density at radius 2 is 2.18 bits per heavy atom. The van der Waals surface area contributed by atoms with Gasteiger partial charge in [0.25, 0.3) is 11.1 Å². The molecule has 0 aliphatic carbocycles. The number of carbonyl (C=O) groups is 3. The van der Waals surface area contributed by atoms with Crippen LogP contribution in [0.2, 0.25) is 5.02 Å². The first kappa shape index (κ1) is 16.4. The van der Waals surface area contributed by atoms with Crippen molar-refractivity contribution in [3.8, 4) is 5.75 Å². The van der Waals surface area contributed by atoms with E-state index in [1.54, 1.807) is 6.92 Å². The molecule has 1 aromatic carbocycles. The number of phenols is 1. The number of benzene rings is 1. The molecule has 2 rings (SSSR count). The molecule has 0 spiro atoms. The summed E-state index contributed by atoms with van der Waals surface area (Å²) in [5, 5.41) is 9.55. The lowest BCUT2D eigenvalue weighted by Gasteiger charge is -2.10. The fraction of sp³-hybridized carbons (Fsp3) is 0.214.